The molecule has 2 fully saturated rings. The number of benzene rings is 3. The Hall–Kier alpha value is -5.78. The molecule has 17 heteroatoms. The van der Waals surface area contributed by atoms with Gasteiger partial charge in [-0.3, -0.25) is 19.8 Å². The second-order valence-corrected chi connectivity index (χ2v) is 20.1. The van der Waals surface area contributed by atoms with Crippen molar-refractivity contribution in [3.63, 3.8) is 0 Å². The number of H-pyrrole nitrogens is 1. The first-order valence-electron chi connectivity index (χ1n) is 21.9. The van der Waals surface area contributed by atoms with Crippen molar-refractivity contribution in [1.29, 1.82) is 0 Å². The van der Waals surface area contributed by atoms with Gasteiger partial charge in [0.2, 0.25) is 0 Å². The van der Waals surface area contributed by atoms with Gasteiger partial charge < -0.3 is 24.7 Å². The molecule has 65 heavy (non-hydrogen) atoms. The van der Waals surface area contributed by atoms with Gasteiger partial charge in [-0.15, -0.1) is 0 Å². The van der Waals surface area contributed by atoms with Crippen molar-refractivity contribution < 1.29 is 40.8 Å². The third kappa shape index (κ3) is 10.7. The number of nitrogens with one attached hydrogen (secondary N) is 2. The number of alkyl halides is 3. The summed E-state index contributed by atoms with van der Waals surface area (Å²) < 4.78 is 80.3. The number of ether oxygens (including phenoxy) is 2. The fourth-order valence-corrected chi connectivity index (χ4v) is 10.3. The van der Waals surface area contributed by atoms with Gasteiger partial charge in [-0.05, 0) is 116 Å². The van der Waals surface area contributed by atoms with Gasteiger partial charge in [0.1, 0.15) is 28.6 Å². The van der Waals surface area contributed by atoms with Crippen LogP contribution in [0.5, 0.6) is 11.5 Å². The zero-order chi connectivity index (χ0) is 46.1. The first-order chi connectivity index (χ1) is 30.9. The van der Waals surface area contributed by atoms with Crippen LogP contribution in [-0.4, -0.2) is 91.7 Å². The summed E-state index contributed by atoms with van der Waals surface area (Å²) in [5, 5.41) is 15.9. The Morgan fingerprint density at radius 3 is 2.57 bits per heavy atom. The van der Waals surface area contributed by atoms with Crippen molar-refractivity contribution >= 4 is 49.3 Å². The average molecular weight is 915 g/mol. The summed E-state index contributed by atoms with van der Waals surface area (Å²) in [6, 6.07) is 16.2. The molecule has 2 aromatic heterocycles. The monoisotopic (exact) mass is 914 g/mol. The molecule has 4 heterocycles. The van der Waals surface area contributed by atoms with Crippen LogP contribution in [0.15, 0.2) is 89.6 Å². The molecular weight excluding hydrogens is 862 g/mol. The van der Waals surface area contributed by atoms with Crippen LogP contribution >= 0.6 is 0 Å². The fraction of sp³-hybridized carbons (Fsp3) is 0.417. The summed E-state index contributed by atoms with van der Waals surface area (Å²) >= 11 is 0. The van der Waals surface area contributed by atoms with Gasteiger partial charge in [-0.2, -0.15) is 13.2 Å². The maximum atomic E-state index is 14.0. The van der Waals surface area contributed by atoms with E-state index in [4.69, 9.17) is 9.47 Å². The zero-order valence-electron chi connectivity index (χ0n) is 36.7. The molecule has 0 bridgehead atoms. The van der Waals surface area contributed by atoms with Crippen molar-refractivity contribution in [2.45, 2.75) is 76.5 Å². The van der Waals surface area contributed by atoms with Gasteiger partial charge >= 0.3 is 6.18 Å². The number of aryl methyl sites for hydroxylation is 1. The van der Waals surface area contributed by atoms with E-state index in [1.54, 1.807) is 43.5 Å². The SMILES string of the molecule is Cc1cc(C(F)(F)F)ccc1C1=C(CN2CCN(c3ccc(C(=O)CS(=O)(=O)c4ccc(NCC5CCCCO5)c([N+](=O)[O-])c4)c(Oc4cnc5[nH]ccc5c4)c3)CC2)CCC(C)(C)C1. The molecule has 0 saturated carbocycles. The number of fused-ring (bicyclic) bond motifs is 1. The Kier molecular flexibility index (Phi) is 13.1. The van der Waals surface area contributed by atoms with Crippen LogP contribution in [0, 0.1) is 22.5 Å². The van der Waals surface area contributed by atoms with E-state index in [-0.39, 0.29) is 33.4 Å². The predicted octanol–water partition coefficient (Wildman–Crippen LogP) is 10.0. The van der Waals surface area contributed by atoms with E-state index in [9.17, 15) is 36.5 Å². The number of nitro benzene ring substituents is 1. The molecule has 0 radical (unpaired) electrons. The van der Waals surface area contributed by atoms with Crippen molar-refractivity contribution in [1.82, 2.24) is 14.9 Å². The maximum absolute atomic E-state index is 14.0. The second-order valence-electron chi connectivity index (χ2n) is 18.1. The summed E-state index contributed by atoms with van der Waals surface area (Å²) in [4.78, 5) is 37.1. The molecule has 2 N–H and O–H groups in total. The Balaban J connectivity index is 1.01. The summed E-state index contributed by atoms with van der Waals surface area (Å²) in [7, 11) is -4.36. The number of rotatable bonds is 14. The zero-order valence-corrected chi connectivity index (χ0v) is 37.5. The first kappa shape index (κ1) is 45.8. The van der Waals surface area contributed by atoms with Gasteiger partial charge in [0.15, 0.2) is 15.6 Å². The third-order valence-electron chi connectivity index (χ3n) is 12.7. The van der Waals surface area contributed by atoms with E-state index in [1.165, 1.54) is 36.0 Å². The number of nitrogens with zero attached hydrogens (tertiary/aromatic N) is 4. The van der Waals surface area contributed by atoms with E-state index in [1.807, 2.05) is 6.07 Å². The van der Waals surface area contributed by atoms with Gasteiger partial charge in [0.25, 0.3) is 5.69 Å². The summed E-state index contributed by atoms with van der Waals surface area (Å²) in [6.45, 7) is 10.4. The summed E-state index contributed by atoms with van der Waals surface area (Å²) in [5.41, 5.74) is 4.36. The smallest absolute Gasteiger partial charge is 0.416 e. The van der Waals surface area contributed by atoms with Gasteiger partial charge in [-0.1, -0.05) is 25.5 Å². The Labute approximate surface area is 376 Å². The largest absolute Gasteiger partial charge is 0.455 e. The van der Waals surface area contributed by atoms with E-state index in [0.29, 0.717) is 62.8 Å². The molecule has 5 aromatic rings. The van der Waals surface area contributed by atoms with Crippen LogP contribution in [0.4, 0.5) is 30.2 Å². The lowest BCUT2D eigenvalue weighted by atomic mass is 9.72. The topological polar surface area (TPSA) is 160 Å². The average Bonchev–Trinajstić information content (AvgIpc) is 3.74. The number of carbonyl (C=O) groups excluding carboxylic acids is 1. The number of pyridine rings is 1. The summed E-state index contributed by atoms with van der Waals surface area (Å²) in [6.07, 6.45) is 4.09. The number of hydrogen-bond donors (Lipinski definition) is 2. The molecule has 2 aliphatic heterocycles. The van der Waals surface area contributed by atoms with Crippen molar-refractivity contribution in [3.8, 4) is 11.5 Å². The van der Waals surface area contributed by atoms with Gasteiger partial charge in [0.05, 0.1) is 33.2 Å². The molecule has 0 spiro atoms. The molecule has 1 unspecified atom stereocenters. The standard InChI is InChI=1S/C48H53F3N6O7S/c1-31-22-34(48(49,50)51)7-10-39(31)41-26-47(2,3)15-13-33(41)29-55-17-19-56(20-18-55)35-8-11-40(45(24-35)64-37-23-32-14-16-52-46(32)54-28-37)44(58)30-65(61,62)38-9-12-42(43(25-38)57(59)60)53-27-36-6-4-5-21-63-36/h7-12,14,16,22-25,28,36,53H,4-6,13,15,17-21,26-27,29-30H2,1-3H3,(H,52,54). The predicted molar refractivity (Wildman–Crippen MR) is 244 cm³/mol. The highest BCUT2D eigenvalue weighted by molar-refractivity contribution is 7.92. The number of hydrogen-bond acceptors (Lipinski definition) is 11. The number of ketones is 1. The van der Waals surface area contributed by atoms with Crippen molar-refractivity contribution in [2.24, 2.45) is 5.41 Å². The summed E-state index contributed by atoms with van der Waals surface area (Å²) in [5.74, 6) is -1.26. The molecule has 344 valence electrons. The number of allylic oxidation sites excluding steroid dienone is 1. The molecular formula is C48H53F3N6O7S. The van der Waals surface area contributed by atoms with E-state index >= 15 is 0 Å². The maximum Gasteiger partial charge on any atom is 0.416 e. The van der Waals surface area contributed by atoms with E-state index < -0.39 is 43.7 Å². The van der Waals surface area contributed by atoms with E-state index in [2.05, 4.69) is 38.9 Å². The highest BCUT2D eigenvalue weighted by atomic mass is 32.2. The molecule has 3 aromatic carbocycles. The second kappa shape index (κ2) is 18.6. The molecule has 0 amide bonds. The number of sulfone groups is 1. The lowest BCUT2D eigenvalue weighted by molar-refractivity contribution is -0.384. The first-order valence-corrected chi connectivity index (χ1v) is 23.6. The number of carbonyl (C=O) groups is 1. The van der Waals surface area contributed by atoms with Crippen LogP contribution in [0.1, 0.15) is 79.4 Å². The van der Waals surface area contributed by atoms with Crippen molar-refractivity contribution in [2.75, 3.05) is 61.8 Å². The Bertz CT molecular complexity index is 2740. The molecule has 3 aliphatic rings. The minimum Gasteiger partial charge on any atom is -0.455 e. The number of Topliss-reactive ketones (excluding diaryl/α,β-unsaturated/α-hetero) is 1. The molecule has 2 saturated heterocycles. The minimum atomic E-state index is -4.41. The van der Waals surface area contributed by atoms with Crippen LogP contribution < -0.4 is 15.0 Å². The molecule has 8 rings (SSSR count). The Morgan fingerprint density at radius 2 is 1.85 bits per heavy atom. The fourth-order valence-electron chi connectivity index (χ4n) is 9.06. The normalized spacial score (nSPS) is 18.5. The van der Waals surface area contributed by atoms with Gasteiger partial charge in [0, 0.05) is 75.3 Å². The molecule has 13 nitrogen and oxygen atoms in total. The van der Waals surface area contributed by atoms with Gasteiger partial charge in [-0.25, -0.2) is 13.4 Å². The van der Waals surface area contributed by atoms with Crippen LogP contribution in [-0.2, 0) is 20.8 Å². The number of aromatic amines is 1. The van der Waals surface area contributed by atoms with Crippen LogP contribution in [0.25, 0.3) is 16.6 Å². The number of halogens is 3. The van der Waals surface area contributed by atoms with E-state index in [0.717, 1.165) is 66.8 Å². The highest BCUT2D eigenvalue weighted by Gasteiger charge is 2.34. The quantitative estimate of drug-likeness (QED) is 0.0620. The molecule has 1 aliphatic carbocycles. The number of piperazine rings is 1. The third-order valence-corrected chi connectivity index (χ3v) is 14.3. The minimum absolute atomic E-state index is 0.0156. The number of anilines is 2. The lowest BCUT2D eigenvalue weighted by Crippen LogP contribution is -2.47. The number of aromatic nitrogens is 2. The van der Waals surface area contributed by atoms with Crippen LogP contribution in [0.2, 0.25) is 0 Å². The van der Waals surface area contributed by atoms with Crippen molar-refractivity contribution in [3.05, 3.63) is 117 Å². The number of nitro groups is 1. The highest BCUT2D eigenvalue weighted by Crippen LogP contribution is 2.45. The lowest BCUT2D eigenvalue weighted by Gasteiger charge is -2.39. The Morgan fingerprint density at radius 1 is 1.05 bits per heavy atom. The van der Waals surface area contributed by atoms with Crippen LogP contribution in [0.3, 0.4) is 0 Å². The molecule has 1 atom stereocenters.